The van der Waals surface area contributed by atoms with E-state index in [1.54, 1.807) is 6.92 Å². The Morgan fingerprint density at radius 1 is 0.900 bits per heavy atom. The van der Waals surface area contributed by atoms with Crippen LogP contribution in [0.25, 0.3) is 0 Å². The number of benzene rings is 4. The van der Waals surface area contributed by atoms with Crippen LogP contribution in [0.5, 0.6) is 11.5 Å². The number of nitrogens with one attached hydrogen (secondary N) is 2. The second-order valence-corrected chi connectivity index (χ2v) is 9.79. The minimum absolute atomic E-state index is 0.126. The molecule has 0 aromatic heterocycles. The molecule has 4 aromatic rings. The van der Waals surface area contributed by atoms with Crippen molar-refractivity contribution in [1.29, 1.82) is 0 Å². The van der Waals surface area contributed by atoms with Crippen molar-refractivity contribution in [3.05, 3.63) is 126 Å². The molecule has 1 aliphatic rings. The fraction of sp³-hybridized carbons (Fsp3) is 0.182. The Morgan fingerprint density at radius 2 is 1.57 bits per heavy atom. The van der Waals surface area contributed by atoms with E-state index in [9.17, 15) is 9.59 Å². The van der Waals surface area contributed by atoms with Gasteiger partial charge in [-0.05, 0) is 42.8 Å². The lowest BCUT2D eigenvalue weighted by Gasteiger charge is -2.24. The molecule has 7 nitrogen and oxygen atoms in total. The minimum Gasteiger partial charge on any atom is -0.457 e. The van der Waals surface area contributed by atoms with Crippen LogP contribution in [0.3, 0.4) is 0 Å². The number of hydrogen-bond acceptors (Lipinski definition) is 5. The van der Waals surface area contributed by atoms with Crippen LogP contribution < -0.4 is 20.3 Å². The SMILES string of the molecule is CC(NC(=O)Cc1cccc(Oc2ccccc2)c1)C(=O)N[C@@H]1CN(C)c2ccccc2C(c2ccccc2)=N1. The summed E-state index contributed by atoms with van der Waals surface area (Å²) < 4.78 is 5.88. The number of hydrogen-bond donors (Lipinski definition) is 2. The van der Waals surface area contributed by atoms with Gasteiger partial charge in [0.05, 0.1) is 18.7 Å². The Hall–Kier alpha value is -4.91. The van der Waals surface area contributed by atoms with Gasteiger partial charge in [-0.1, -0.05) is 78.9 Å². The summed E-state index contributed by atoms with van der Waals surface area (Å²) in [6.07, 6.45) is -0.368. The van der Waals surface area contributed by atoms with Crippen LogP contribution in [-0.2, 0) is 16.0 Å². The van der Waals surface area contributed by atoms with Gasteiger partial charge in [-0.2, -0.15) is 0 Å². The van der Waals surface area contributed by atoms with Gasteiger partial charge in [0.25, 0.3) is 0 Å². The van der Waals surface area contributed by atoms with Crippen LogP contribution in [0, 0.1) is 0 Å². The van der Waals surface area contributed by atoms with E-state index in [-0.39, 0.29) is 18.2 Å². The molecule has 0 bridgehead atoms. The van der Waals surface area contributed by atoms with Crippen LogP contribution in [0.4, 0.5) is 5.69 Å². The molecule has 4 aromatic carbocycles. The Labute approximate surface area is 234 Å². The van der Waals surface area contributed by atoms with E-state index in [2.05, 4.69) is 21.6 Å². The van der Waals surface area contributed by atoms with E-state index in [1.165, 1.54) is 0 Å². The van der Waals surface area contributed by atoms with Gasteiger partial charge in [-0.3, -0.25) is 14.6 Å². The van der Waals surface area contributed by atoms with Crippen molar-refractivity contribution in [3.8, 4) is 11.5 Å². The first-order chi connectivity index (χ1) is 19.5. The summed E-state index contributed by atoms with van der Waals surface area (Å²) in [5.41, 5.74) is 4.64. The Bertz CT molecular complexity index is 1500. The highest BCUT2D eigenvalue weighted by Gasteiger charge is 2.25. The van der Waals surface area contributed by atoms with E-state index < -0.39 is 12.2 Å². The molecule has 202 valence electrons. The molecule has 2 atom stereocenters. The monoisotopic (exact) mass is 532 g/mol. The third kappa shape index (κ3) is 6.56. The number of fused-ring (bicyclic) bond motifs is 1. The average Bonchev–Trinajstić information content (AvgIpc) is 3.10. The maximum Gasteiger partial charge on any atom is 0.243 e. The van der Waals surface area contributed by atoms with E-state index >= 15 is 0 Å². The van der Waals surface area contributed by atoms with E-state index in [4.69, 9.17) is 9.73 Å². The van der Waals surface area contributed by atoms with Gasteiger partial charge in [0.2, 0.25) is 11.8 Å². The molecule has 40 heavy (non-hydrogen) atoms. The molecule has 2 N–H and O–H groups in total. The summed E-state index contributed by atoms with van der Waals surface area (Å²) in [4.78, 5) is 33.0. The zero-order valence-electron chi connectivity index (χ0n) is 22.6. The fourth-order valence-electron chi connectivity index (χ4n) is 4.71. The Kier molecular flexibility index (Phi) is 8.21. The number of aliphatic imine (C=N–C) groups is 1. The number of benzodiazepines with no additional fused rings is 1. The normalized spacial score (nSPS) is 15.2. The quantitative estimate of drug-likeness (QED) is 0.336. The summed E-state index contributed by atoms with van der Waals surface area (Å²) >= 11 is 0. The summed E-state index contributed by atoms with van der Waals surface area (Å²) in [7, 11) is 1.99. The highest BCUT2D eigenvalue weighted by molar-refractivity contribution is 6.16. The van der Waals surface area contributed by atoms with Crippen LogP contribution in [0.2, 0.25) is 0 Å². The second-order valence-electron chi connectivity index (χ2n) is 9.79. The van der Waals surface area contributed by atoms with Crippen molar-refractivity contribution >= 4 is 23.2 Å². The fourth-order valence-corrected chi connectivity index (χ4v) is 4.71. The molecule has 0 fully saturated rings. The number of likely N-dealkylation sites (N-methyl/N-ethyl adjacent to an activating group) is 1. The lowest BCUT2D eigenvalue weighted by atomic mass is 10.0. The lowest BCUT2D eigenvalue weighted by molar-refractivity contribution is -0.128. The number of anilines is 1. The van der Waals surface area contributed by atoms with Gasteiger partial charge in [0, 0.05) is 23.9 Å². The molecule has 2 amide bonds. The Morgan fingerprint density at radius 3 is 2.35 bits per heavy atom. The third-order valence-corrected chi connectivity index (χ3v) is 6.67. The van der Waals surface area contributed by atoms with Crippen LogP contribution in [0.1, 0.15) is 23.6 Å². The number of nitrogens with zero attached hydrogens (tertiary/aromatic N) is 2. The van der Waals surface area contributed by atoms with Gasteiger partial charge < -0.3 is 20.3 Å². The highest BCUT2D eigenvalue weighted by Crippen LogP contribution is 2.26. The molecule has 0 radical (unpaired) electrons. The summed E-state index contributed by atoms with van der Waals surface area (Å²) in [5, 5.41) is 5.85. The molecule has 5 rings (SSSR count). The molecule has 1 aliphatic heterocycles. The third-order valence-electron chi connectivity index (χ3n) is 6.67. The van der Waals surface area contributed by atoms with Crippen molar-refractivity contribution in [2.24, 2.45) is 4.99 Å². The van der Waals surface area contributed by atoms with Gasteiger partial charge in [0.1, 0.15) is 23.7 Å². The predicted octanol–water partition coefficient (Wildman–Crippen LogP) is 4.96. The zero-order chi connectivity index (χ0) is 27.9. The number of ether oxygens (including phenoxy) is 1. The van der Waals surface area contributed by atoms with Crippen LogP contribution in [-0.4, -0.2) is 43.3 Å². The first-order valence-corrected chi connectivity index (χ1v) is 13.3. The predicted molar refractivity (Wildman–Crippen MR) is 158 cm³/mol. The summed E-state index contributed by atoms with van der Waals surface area (Å²) in [6, 6.07) is 34.2. The molecule has 1 heterocycles. The smallest absolute Gasteiger partial charge is 0.243 e. The highest BCUT2D eigenvalue weighted by atomic mass is 16.5. The number of carbonyl (C=O) groups is 2. The second kappa shape index (κ2) is 12.3. The number of para-hydroxylation sites is 2. The van der Waals surface area contributed by atoms with Crippen molar-refractivity contribution in [2.75, 3.05) is 18.5 Å². The maximum absolute atomic E-state index is 13.2. The standard InChI is InChI=1S/C33H32N4O3/c1-23(34-31(38)21-24-12-11-17-27(20-24)40-26-15-7-4-8-16-26)33(39)36-30-22-37(2)29-19-10-9-18-28(29)32(35-30)25-13-5-3-6-14-25/h3-20,23,30H,21-22H2,1-2H3,(H,34,38)(H,36,39)/t23?,30-/m1/s1. The topological polar surface area (TPSA) is 83.0 Å². The molecule has 0 saturated heterocycles. The number of amides is 2. The molecule has 0 spiro atoms. The van der Waals surface area contributed by atoms with E-state index in [0.29, 0.717) is 12.3 Å². The van der Waals surface area contributed by atoms with Crippen LogP contribution in [0.15, 0.2) is 114 Å². The van der Waals surface area contributed by atoms with Crippen LogP contribution >= 0.6 is 0 Å². The molecule has 0 saturated carbocycles. The zero-order valence-corrected chi connectivity index (χ0v) is 22.6. The van der Waals surface area contributed by atoms with Gasteiger partial charge in [-0.25, -0.2) is 0 Å². The molecule has 7 heteroatoms. The van der Waals surface area contributed by atoms with Crippen molar-refractivity contribution < 1.29 is 14.3 Å². The summed E-state index contributed by atoms with van der Waals surface area (Å²) in [5.74, 6) is 0.820. The van der Waals surface area contributed by atoms with Gasteiger partial charge in [0.15, 0.2) is 0 Å². The number of rotatable bonds is 8. The largest absolute Gasteiger partial charge is 0.457 e. The lowest BCUT2D eigenvalue weighted by Crippen LogP contribution is -2.50. The van der Waals surface area contributed by atoms with E-state index in [0.717, 1.165) is 33.8 Å². The minimum atomic E-state index is -0.734. The maximum atomic E-state index is 13.2. The van der Waals surface area contributed by atoms with Crippen molar-refractivity contribution in [2.45, 2.75) is 25.6 Å². The Balaban J connectivity index is 1.24. The van der Waals surface area contributed by atoms with Gasteiger partial charge >= 0.3 is 0 Å². The molecular formula is C33H32N4O3. The van der Waals surface area contributed by atoms with Crippen molar-refractivity contribution in [3.63, 3.8) is 0 Å². The van der Waals surface area contributed by atoms with E-state index in [1.807, 2.05) is 110 Å². The molecule has 0 aliphatic carbocycles. The summed E-state index contributed by atoms with van der Waals surface area (Å²) in [6.45, 7) is 2.17. The molecule has 1 unspecified atom stereocenters. The van der Waals surface area contributed by atoms with Crippen molar-refractivity contribution in [1.82, 2.24) is 10.6 Å². The first-order valence-electron chi connectivity index (χ1n) is 13.3. The number of carbonyl (C=O) groups excluding carboxylic acids is 2. The molecular weight excluding hydrogens is 500 g/mol. The average molecular weight is 533 g/mol. The van der Waals surface area contributed by atoms with Gasteiger partial charge in [-0.15, -0.1) is 0 Å². The first kappa shape index (κ1) is 26.7.